The van der Waals surface area contributed by atoms with Crippen molar-refractivity contribution in [2.24, 2.45) is 0 Å². The molecule has 2 rings (SSSR count). The first kappa shape index (κ1) is 24.3. The van der Waals surface area contributed by atoms with Crippen LogP contribution in [0.3, 0.4) is 0 Å². The highest BCUT2D eigenvalue weighted by Gasteiger charge is 2.65. The first-order valence-electron chi connectivity index (χ1n) is 7.96. The maximum atomic E-state index is 12.9. The van der Waals surface area contributed by atoms with Crippen LogP contribution in [0.5, 0.6) is 0 Å². The molecule has 2 aromatic rings. The number of benzene rings is 2. The Hall–Kier alpha value is -1.99. The van der Waals surface area contributed by atoms with E-state index < -0.39 is 49.8 Å². The molecule has 0 spiro atoms. The van der Waals surface area contributed by atoms with Crippen molar-refractivity contribution >= 4 is 33.6 Å². The fourth-order valence-electron chi connectivity index (χ4n) is 2.13. The third-order valence-corrected chi connectivity index (χ3v) is 6.15. The molecule has 3 nitrogen and oxygen atoms in total. The van der Waals surface area contributed by atoms with E-state index in [9.17, 15) is 42.5 Å². The molecule has 1 atom stereocenters. The van der Waals surface area contributed by atoms with Gasteiger partial charge in [0.05, 0.1) is 5.56 Å². The monoisotopic (exact) mass is 481 g/mol. The van der Waals surface area contributed by atoms with E-state index in [0.29, 0.717) is 17.8 Å². The lowest BCUT2D eigenvalue weighted by molar-refractivity contribution is -0.137. The Balaban J connectivity index is 2.12. The lowest BCUT2D eigenvalue weighted by Crippen LogP contribution is -2.42. The molecule has 0 saturated heterocycles. The molecule has 0 fully saturated rings. The first-order valence-corrected chi connectivity index (χ1v) is 10.9. The molecule has 0 bridgehead atoms. The summed E-state index contributed by atoms with van der Waals surface area (Å²) in [7, 11) is -9.96. The highest BCUT2D eigenvalue weighted by molar-refractivity contribution is 8.45. The quantitative estimate of drug-likeness (QED) is 0.351. The topological polar surface area (TPSA) is 49.3 Å². The zero-order valence-corrected chi connectivity index (χ0v) is 16.7. The molecule has 2 aromatic carbocycles. The number of aliphatic hydroxyl groups is 1. The van der Waals surface area contributed by atoms with Crippen molar-refractivity contribution in [1.82, 2.24) is 0 Å². The van der Waals surface area contributed by atoms with Crippen LogP contribution in [-0.2, 0) is 11.0 Å². The Morgan fingerprint density at radius 2 is 1.63 bits per heavy atom. The second-order valence-corrected chi connectivity index (χ2v) is 10.00. The van der Waals surface area contributed by atoms with Gasteiger partial charge in [0.15, 0.2) is 0 Å². The van der Waals surface area contributed by atoms with E-state index in [1.165, 1.54) is 6.07 Å². The van der Waals surface area contributed by atoms with Crippen molar-refractivity contribution in [2.75, 3.05) is 11.1 Å². The van der Waals surface area contributed by atoms with Gasteiger partial charge in [-0.05, 0) is 43.3 Å². The van der Waals surface area contributed by atoms with Crippen LogP contribution in [0.1, 0.15) is 12.5 Å². The van der Waals surface area contributed by atoms with Gasteiger partial charge in [0.2, 0.25) is 0 Å². The van der Waals surface area contributed by atoms with E-state index in [-0.39, 0.29) is 17.0 Å². The molecule has 1 unspecified atom stereocenters. The molecule has 0 aliphatic heterocycles. The SMILES string of the molecule is CC(O)(CSc1cccc(C(F)(F)F)c1)C(=O)Nc1cccc(S(F)(F)(F)(F)F)c1. The van der Waals surface area contributed by atoms with E-state index in [2.05, 4.69) is 0 Å². The number of thioether (sulfide) groups is 1. The number of anilines is 1. The predicted octanol–water partition coefficient (Wildman–Crippen LogP) is 6.84. The summed E-state index contributed by atoms with van der Waals surface area (Å²) in [4.78, 5) is 10.1. The average molecular weight is 481 g/mol. The number of carbonyl (C=O) groups is 1. The van der Waals surface area contributed by atoms with Crippen LogP contribution in [0.15, 0.2) is 58.3 Å². The summed E-state index contributed by atoms with van der Waals surface area (Å²) in [6, 6.07) is 5.85. The molecule has 0 heterocycles. The molecular weight excluding hydrogens is 466 g/mol. The number of alkyl halides is 3. The van der Waals surface area contributed by atoms with Gasteiger partial charge in [-0.2, -0.15) is 13.2 Å². The molecule has 0 saturated carbocycles. The summed E-state index contributed by atoms with van der Waals surface area (Å²) in [6.45, 7) is 0.983. The highest BCUT2D eigenvalue weighted by atomic mass is 32.5. The van der Waals surface area contributed by atoms with Gasteiger partial charge in [0.1, 0.15) is 10.5 Å². The normalized spacial score (nSPS) is 16.9. The van der Waals surface area contributed by atoms with Crippen LogP contribution in [-0.4, -0.2) is 22.4 Å². The molecule has 30 heavy (non-hydrogen) atoms. The number of carbonyl (C=O) groups excluding carboxylic acids is 1. The number of nitrogens with one attached hydrogen (secondary N) is 1. The third kappa shape index (κ3) is 6.51. The molecule has 0 aromatic heterocycles. The van der Waals surface area contributed by atoms with Crippen LogP contribution in [0.25, 0.3) is 0 Å². The summed E-state index contributed by atoms with van der Waals surface area (Å²) >= 11 is 0.698. The summed E-state index contributed by atoms with van der Waals surface area (Å²) in [5.74, 6) is -1.68. The van der Waals surface area contributed by atoms with Gasteiger partial charge >= 0.3 is 16.4 Å². The Bertz CT molecular complexity index is 959. The van der Waals surface area contributed by atoms with Crippen LogP contribution in [0.4, 0.5) is 38.3 Å². The minimum absolute atomic E-state index is 0.0372. The predicted molar refractivity (Wildman–Crippen MR) is 99.3 cm³/mol. The molecule has 0 aliphatic carbocycles. The van der Waals surface area contributed by atoms with E-state index in [0.717, 1.165) is 31.2 Å². The average Bonchev–Trinajstić information content (AvgIpc) is 2.58. The van der Waals surface area contributed by atoms with Gasteiger partial charge in [-0.15, -0.1) is 11.8 Å². The third-order valence-electron chi connectivity index (χ3n) is 3.71. The van der Waals surface area contributed by atoms with E-state index in [1.807, 2.05) is 5.32 Å². The van der Waals surface area contributed by atoms with Crippen LogP contribution in [0, 0.1) is 0 Å². The summed E-state index contributed by atoms with van der Waals surface area (Å²) in [6.07, 6.45) is -4.59. The first-order chi connectivity index (χ1) is 13.3. The molecule has 0 aliphatic rings. The van der Waals surface area contributed by atoms with Crippen molar-refractivity contribution in [2.45, 2.75) is 28.5 Å². The van der Waals surface area contributed by atoms with Gasteiger partial charge in [0.25, 0.3) is 5.91 Å². The standard InChI is InChI=1S/C17H15F8NO2S2/c1-16(28,10-29-13-6-2-4-11(8-13)17(18,19)20)15(27)26-12-5-3-7-14(9-12)30(21,22,23,24)25/h2-9,28H,10H2,1H3,(H,26,27). The number of rotatable bonds is 6. The number of hydrogen-bond acceptors (Lipinski definition) is 3. The Labute approximate surface area is 170 Å². The maximum absolute atomic E-state index is 12.9. The molecule has 13 heteroatoms. The minimum atomic E-state index is -9.96. The molecule has 0 radical (unpaired) electrons. The second kappa shape index (κ2) is 7.02. The Morgan fingerprint density at radius 3 is 2.20 bits per heavy atom. The van der Waals surface area contributed by atoms with Crippen molar-refractivity contribution in [3.05, 3.63) is 54.1 Å². The van der Waals surface area contributed by atoms with Crippen LogP contribution in [0.2, 0.25) is 0 Å². The summed E-state index contributed by atoms with van der Waals surface area (Å²) < 4.78 is 103. The number of halogens is 8. The van der Waals surface area contributed by atoms with Gasteiger partial charge in [0, 0.05) is 16.3 Å². The van der Waals surface area contributed by atoms with Crippen LogP contribution < -0.4 is 5.32 Å². The van der Waals surface area contributed by atoms with Crippen molar-refractivity contribution in [3.8, 4) is 0 Å². The largest absolute Gasteiger partial charge is 0.416 e. The van der Waals surface area contributed by atoms with Crippen LogP contribution >= 0.6 is 22.0 Å². The van der Waals surface area contributed by atoms with Gasteiger partial charge in [-0.25, -0.2) is 0 Å². The smallest absolute Gasteiger partial charge is 0.379 e. The zero-order valence-electron chi connectivity index (χ0n) is 15.0. The minimum Gasteiger partial charge on any atom is -0.379 e. The molecular formula is C17H15F8NO2S2. The van der Waals surface area contributed by atoms with Gasteiger partial charge in [-0.1, -0.05) is 31.6 Å². The van der Waals surface area contributed by atoms with Crippen molar-refractivity contribution in [3.63, 3.8) is 0 Å². The lowest BCUT2D eigenvalue weighted by Gasteiger charge is -2.40. The highest BCUT2D eigenvalue weighted by Crippen LogP contribution is 3.02. The number of amides is 1. The molecule has 168 valence electrons. The molecule has 2 N–H and O–H groups in total. The Morgan fingerprint density at radius 1 is 1.03 bits per heavy atom. The van der Waals surface area contributed by atoms with E-state index in [1.54, 1.807) is 0 Å². The lowest BCUT2D eigenvalue weighted by atomic mass is 10.1. The fraction of sp³-hybridized carbons (Fsp3) is 0.235. The van der Waals surface area contributed by atoms with Crippen molar-refractivity contribution in [1.29, 1.82) is 0 Å². The Kier molecular flexibility index (Phi) is 5.68. The zero-order chi connectivity index (χ0) is 23.1. The summed E-state index contributed by atoms with van der Waals surface area (Å²) in [5, 5.41) is 12.2. The van der Waals surface area contributed by atoms with E-state index in [4.69, 9.17) is 0 Å². The van der Waals surface area contributed by atoms with Gasteiger partial charge < -0.3 is 10.4 Å². The number of hydrogen-bond donors (Lipinski definition) is 2. The molecule has 1 amide bonds. The maximum Gasteiger partial charge on any atom is 0.416 e. The van der Waals surface area contributed by atoms with E-state index >= 15 is 0 Å². The summed E-state index contributed by atoms with van der Waals surface area (Å²) in [5.41, 5.74) is -3.80. The van der Waals surface area contributed by atoms with Gasteiger partial charge in [-0.3, -0.25) is 4.79 Å². The van der Waals surface area contributed by atoms with Crippen molar-refractivity contribution < 1.29 is 42.5 Å². The fourth-order valence-corrected chi connectivity index (χ4v) is 3.78. The second-order valence-electron chi connectivity index (χ2n) is 6.54.